The van der Waals surface area contributed by atoms with Gasteiger partial charge in [0.15, 0.2) is 5.78 Å². The maximum Gasteiger partial charge on any atom is 0.195 e. The summed E-state index contributed by atoms with van der Waals surface area (Å²) < 4.78 is 15.8. The molecule has 0 bridgehead atoms. The largest absolute Gasteiger partial charge is 0.486 e. The van der Waals surface area contributed by atoms with Crippen molar-refractivity contribution in [3.05, 3.63) is 54.1 Å². The van der Waals surface area contributed by atoms with Gasteiger partial charge in [-0.2, -0.15) is 0 Å². The van der Waals surface area contributed by atoms with Crippen LogP contribution in [0.5, 0.6) is 17.2 Å². The Bertz CT molecular complexity index is 573. The third-order valence-corrected chi connectivity index (χ3v) is 2.79. The first-order valence-electron chi connectivity index (χ1n) is 6.65. The van der Waals surface area contributed by atoms with E-state index in [0.717, 1.165) is 11.5 Å². The highest BCUT2D eigenvalue weighted by molar-refractivity contribution is 5.81. The number of ether oxygens (including phenoxy) is 3. The fraction of sp³-hybridized carbons (Fsp3) is 0.235. The Labute approximate surface area is 124 Å². The Morgan fingerprint density at radius 3 is 1.95 bits per heavy atom. The highest BCUT2D eigenvalue weighted by atomic mass is 16.5. The topological polar surface area (TPSA) is 44.8 Å². The van der Waals surface area contributed by atoms with Gasteiger partial charge in [-0.15, -0.1) is 0 Å². The normalized spacial score (nSPS) is 10.2. The minimum atomic E-state index is -0.0996. The van der Waals surface area contributed by atoms with Gasteiger partial charge in [-0.25, -0.2) is 0 Å². The average molecular weight is 286 g/mol. The van der Waals surface area contributed by atoms with Crippen LogP contribution in [0.3, 0.4) is 0 Å². The number of ketones is 1. The molecule has 0 unspecified atom stereocenters. The number of methoxy groups -OCH3 is 1. The molecule has 0 saturated heterocycles. The van der Waals surface area contributed by atoms with Crippen LogP contribution in [0.15, 0.2) is 48.5 Å². The van der Waals surface area contributed by atoms with Gasteiger partial charge in [-0.1, -0.05) is 17.7 Å². The Balaban J connectivity index is 1.89. The summed E-state index contributed by atoms with van der Waals surface area (Å²) in [6.07, 6.45) is 0. The van der Waals surface area contributed by atoms with Gasteiger partial charge >= 0.3 is 0 Å². The lowest BCUT2D eigenvalue weighted by molar-refractivity contribution is -0.124. The Morgan fingerprint density at radius 1 is 0.857 bits per heavy atom. The van der Waals surface area contributed by atoms with Gasteiger partial charge in [-0.3, -0.25) is 4.79 Å². The second kappa shape index (κ2) is 7.45. The van der Waals surface area contributed by atoms with Crippen LogP contribution < -0.4 is 9.47 Å². The van der Waals surface area contributed by atoms with E-state index in [-0.39, 0.29) is 19.0 Å². The van der Waals surface area contributed by atoms with Gasteiger partial charge in [0.05, 0.1) is 0 Å². The molecule has 0 amide bonds. The van der Waals surface area contributed by atoms with E-state index in [2.05, 4.69) is 0 Å². The number of Topliss-reactive ketones (excluding diaryl/α,β-unsaturated/α-hetero) is 1. The summed E-state index contributed by atoms with van der Waals surface area (Å²) in [5, 5.41) is 0. The third kappa shape index (κ3) is 4.93. The molecule has 0 aliphatic carbocycles. The van der Waals surface area contributed by atoms with Gasteiger partial charge < -0.3 is 14.2 Å². The van der Waals surface area contributed by atoms with Crippen LogP contribution in [0, 0.1) is 6.92 Å². The predicted molar refractivity (Wildman–Crippen MR) is 80.1 cm³/mol. The first-order chi connectivity index (χ1) is 10.2. The second-order valence-corrected chi connectivity index (χ2v) is 4.65. The highest BCUT2D eigenvalue weighted by Gasteiger charge is 2.03. The Morgan fingerprint density at radius 2 is 1.38 bits per heavy atom. The number of aryl methyl sites for hydroxylation is 1. The lowest BCUT2D eigenvalue weighted by Crippen LogP contribution is -2.16. The van der Waals surface area contributed by atoms with Crippen LogP contribution in [0.2, 0.25) is 0 Å². The minimum Gasteiger partial charge on any atom is -0.486 e. The maximum atomic E-state index is 11.3. The van der Waals surface area contributed by atoms with Crippen molar-refractivity contribution in [2.24, 2.45) is 0 Å². The first-order valence-corrected chi connectivity index (χ1v) is 6.65. The van der Waals surface area contributed by atoms with Crippen LogP contribution in [0.1, 0.15) is 5.56 Å². The molecule has 4 nitrogen and oxygen atoms in total. The summed E-state index contributed by atoms with van der Waals surface area (Å²) in [5.74, 6) is 2.02. The Hall–Kier alpha value is -2.33. The van der Waals surface area contributed by atoms with E-state index in [9.17, 15) is 4.79 Å². The molecule has 0 aliphatic rings. The van der Waals surface area contributed by atoms with Gasteiger partial charge in [0.1, 0.15) is 30.5 Å². The molecular formula is C17H18O4. The predicted octanol–water partition coefficient (Wildman–Crippen LogP) is 3.38. The number of hydrogen-bond donors (Lipinski definition) is 0. The lowest BCUT2D eigenvalue weighted by atomic mass is 10.2. The van der Waals surface area contributed by atoms with Crippen molar-refractivity contribution in [2.75, 3.05) is 20.3 Å². The molecule has 110 valence electrons. The first kappa shape index (κ1) is 15.1. The molecule has 0 saturated carbocycles. The van der Waals surface area contributed by atoms with Gasteiger partial charge in [0.2, 0.25) is 0 Å². The number of carbonyl (C=O) groups is 1. The van der Waals surface area contributed by atoms with Crippen LogP contribution in [-0.4, -0.2) is 26.1 Å². The molecular weight excluding hydrogens is 268 g/mol. The monoisotopic (exact) mass is 286 g/mol. The van der Waals surface area contributed by atoms with Crippen molar-refractivity contribution in [2.45, 2.75) is 6.92 Å². The van der Waals surface area contributed by atoms with Crippen LogP contribution in [-0.2, 0) is 9.53 Å². The second-order valence-electron chi connectivity index (χ2n) is 4.65. The molecule has 2 aromatic rings. The van der Waals surface area contributed by atoms with E-state index in [1.54, 1.807) is 24.3 Å². The minimum absolute atomic E-state index is 0.00596. The van der Waals surface area contributed by atoms with Crippen molar-refractivity contribution in [1.82, 2.24) is 0 Å². The van der Waals surface area contributed by atoms with Crippen molar-refractivity contribution >= 4 is 5.78 Å². The molecule has 2 rings (SSSR count). The average Bonchev–Trinajstić information content (AvgIpc) is 2.49. The summed E-state index contributed by atoms with van der Waals surface area (Å²) >= 11 is 0. The number of hydrogen-bond acceptors (Lipinski definition) is 4. The van der Waals surface area contributed by atoms with Crippen molar-refractivity contribution < 1.29 is 19.0 Å². The van der Waals surface area contributed by atoms with Crippen molar-refractivity contribution in [3.8, 4) is 17.2 Å². The standard InChI is InChI=1S/C17H18O4/c1-13-3-5-16(6-4-13)21-17-9-7-15(8-10-17)20-12-14(18)11-19-2/h3-10H,11-12H2,1-2H3. The van der Waals surface area contributed by atoms with E-state index < -0.39 is 0 Å². The van der Waals surface area contributed by atoms with Gasteiger partial charge in [0, 0.05) is 7.11 Å². The van der Waals surface area contributed by atoms with E-state index in [1.807, 2.05) is 31.2 Å². The molecule has 0 radical (unpaired) electrons. The van der Waals surface area contributed by atoms with Gasteiger partial charge in [0.25, 0.3) is 0 Å². The summed E-state index contributed by atoms with van der Waals surface area (Å²) in [6.45, 7) is 2.10. The number of rotatable bonds is 7. The van der Waals surface area contributed by atoms with E-state index in [4.69, 9.17) is 14.2 Å². The van der Waals surface area contributed by atoms with Crippen LogP contribution >= 0.6 is 0 Å². The molecule has 0 N–H and O–H groups in total. The van der Waals surface area contributed by atoms with E-state index in [0.29, 0.717) is 5.75 Å². The molecule has 0 spiro atoms. The molecule has 21 heavy (non-hydrogen) atoms. The summed E-state index contributed by atoms with van der Waals surface area (Å²) in [6, 6.07) is 15.0. The maximum absolute atomic E-state index is 11.3. The zero-order valence-electron chi connectivity index (χ0n) is 12.2. The molecule has 2 aromatic carbocycles. The van der Waals surface area contributed by atoms with Crippen molar-refractivity contribution in [1.29, 1.82) is 0 Å². The molecule has 4 heteroatoms. The Kier molecular flexibility index (Phi) is 5.35. The molecule has 0 aliphatic heterocycles. The summed E-state index contributed by atoms with van der Waals surface area (Å²) in [5.41, 5.74) is 1.19. The molecule has 0 fully saturated rings. The number of benzene rings is 2. The zero-order chi connectivity index (χ0) is 15.1. The van der Waals surface area contributed by atoms with Crippen molar-refractivity contribution in [3.63, 3.8) is 0 Å². The lowest BCUT2D eigenvalue weighted by Gasteiger charge is -2.08. The SMILES string of the molecule is COCC(=O)COc1ccc(Oc2ccc(C)cc2)cc1. The van der Waals surface area contributed by atoms with Crippen LogP contribution in [0.4, 0.5) is 0 Å². The van der Waals surface area contributed by atoms with E-state index in [1.165, 1.54) is 12.7 Å². The van der Waals surface area contributed by atoms with E-state index >= 15 is 0 Å². The fourth-order valence-corrected chi connectivity index (χ4v) is 1.71. The molecule has 0 heterocycles. The fourth-order valence-electron chi connectivity index (χ4n) is 1.71. The molecule has 0 aromatic heterocycles. The quantitative estimate of drug-likeness (QED) is 0.782. The highest BCUT2D eigenvalue weighted by Crippen LogP contribution is 2.24. The van der Waals surface area contributed by atoms with Gasteiger partial charge in [-0.05, 0) is 43.3 Å². The zero-order valence-corrected chi connectivity index (χ0v) is 12.2. The molecule has 0 atom stereocenters. The third-order valence-electron chi connectivity index (χ3n) is 2.79. The van der Waals surface area contributed by atoms with Crippen LogP contribution in [0.25, 0.3) is 0 Å². The summed E-state index contributed by atoms with van der Waals surface area (Å²) in [4.78, 5) is 11.3. The number of carbonyl (C=O) groups excluding carboxylic acids is 1. The smallest absolute Gasteiger partial charge is 0.195 e. The summed E-state index contributed by atoms with van der Waals surface area (Å²) in [7, 11) is 1.48.